The van der Waals surface area contributed by atoms with Crippen LogP contribution in [0.5, 0.6) is 0 Å². The van der Waals surface area contributed by atoms with Crippen LogP contribution in [0.25, 0.3) is 16.7 Å². The van der Waals surface area contributed by atoms with Crippen LogP contribution in [0.15, 0.2) is 48.8 Å². The minimum absolute atomic E-state index is 0.574. The zero-order valence-corrected chi connectivity index (χ0v) is 10.7. The minimum Gasteiger partial charge on any atom is -0.399 e. The second-order valence-electron chi connectivity index (χ2n) is 4.42. The van der Waals surface area contributed by atoms with Crippen LogP contribution in [0.1, 0.15) is 5.56 Å². The Morgan fingerprint density at radius 2 is 2.05 bits per heavy atom. The lowest BCUT2D eigenvalue weighted by atomic mass is 10.2. The second kappa shape index (κ2) is 4.74. The van der Waals surface area contributed by atoms with E-state index in [-0.39, 0.29) is 0 Å². The first-order chi connectivity index (χ1) is 9.29. The Morgan fingerprint density at radius 1 is 1.21 bits per heavy atom. The van der Waals surface area contributed by atoms with E-state index in [0.29, 0.717) is 6.61 Å². The molecule has 0 aliphatic carbocycles. The van der Waals surface area contributed by atoms with Gasteiger partial charge in [-0.1, -0.05) is 18.2 Å². The Bertz CT molecular complexity index is 718. The van der Waals surface area contributed by atoms with Crippen LogP contribution in [0.4, 0.5) is 5.69 Å². The summed E-state index contributed by atoms with van der Waals surface area (Å²) in [6, 6.07) is 13.9. The molecule has 0 radical (unpaired) electrons. The van der Waals surface area contributed by atoms with Crippen molar-refractivity contribution in [3.8, 4) is 5.69 Å². The van der Waals surface area contributed by atoms with E-state index in [2.05, 4.69) is 21.7 Å². The average Bonchev–Trinajstić information content (AvgIpc) is 2.82. The fraction of sp³-hybridized carbons (Fsp3) is 0.133. The van der Waals surface area contributed by atoms with E-state index in [1.165, 1.54) is 0 Å². The molecule has 0 amide bonds. The van der Waals surface area contributed by atoms with E-state index in [1.54, 1.807) is 7.11 Å². The van der Waals surface area contributed by atoms with Gasteiger partial charge in [-0.25, -0.2) is 4.98 Å². The van der Waals surface area contributed by atoms with Crippen molar-refractivity contribution in [1.82, 2.24) is 9.55 Å². The number of ether oxygens (including phenoxy) is 1. The summed E-state index contributed by atoms with van der Waals surface area (Å²) in [5.41, 5.74) is 10.6. The van der Waals surface area contributed by atoms with Crippen LogP contribution in [-0.2, 0) is 11.3 Å². The summed E-state index contributed by atoms with van der Waals surface area (Å²) in [5, 5.41) is 0. The number of rotatable bonds is 3. The smallest absolute Gasteiger partial charge is 0.100 e. The molecular formula is C15H15N3O. The molecule has 3 aromatic rings. The molecule has 2 N–H and O–H groups in total. The number of benzene rings is 2. The molecule has 0 bridgehead atoms. The molecule has 1 heterocycles. The first-order valence-electron chi connectivity index (χ1n) is 6.09. The molecule has 4 nitrogen and oxygen atoms in total. The number of anilines is 1. The lowest BCUT2D eigenvalue weighted by Crippen LogP contribution is -1.99. The van der Waals surface area contributed by atoms with Gasteiger partial charge in [0.2, 0.25) is 0 Å². The summed E-state index contributed by atoms with van der Waals surface area (Å²) in [7, 11) is 1.70. The van der Waals surface area contributed by atoms with E-state index in [1.807, 2.05) is 36.7 Å². The third-order valence-electron chi connectivity index (χ3n) is 3.12. The number of nitrogen functional groups attached to an aromatic ring is 1. The van der Waals surface area contributed by atoms with E-state index in [4.69, 9.17) is 10.5 Å². The fourth-order valence-corrected chi connectivity index (χ4v) is 2.25. The number of hydrogen-bond acceptors (Lipinski definition) is 3. The average molecular weight is 253 g/mol. The van der Waals surface area contributed by atoms with E-state index in [9.17, 15) is 0 Å². The maximum absolute atomic E-state index is 5.78. The number of nitrogens with zero attached hydrogens (tertiary/aromatic N) is 2. The number of aromatic nitrogens is 2. The quantitative estimate of drug-likeness (QED) is 0.730. The van der Waals surface area contributed by atoms with Crippen molar-refractivity contribution in [3.05, 3.63) is 54.4 Å². The summed E-state index contributed by atoms with van der Waals surface area (Å²) >= 11 is 0. The largest absolute Gasteiger partial charge is 0.399 e. The molecule has 2 aromatic carbocycles. The van der Waals surface area contributed by atoms with Crippen molar-refractivity contribution < 1.29 is 4.74 Å². The maximum Gasteiger partial charge on any atom is 0.100 e. The topological polar surface area (TPSA) is 53.1 Å². The van der Waals surface area contributed by atoms with Gasteiger partial charge in [0.05, 0.1) is 23.3 Å². The molecular weight excluding hydrogens is 238 g/mol. The molecule has 4 heteroatoms. The summed E-state index contributed by atoms with van der Waals surface area (Å²) in [4.78, 5) is 4.40. The predicted octanol–water partition coefficient (Wildman–Crippen LogP) is 2.75. The van der Waals surface area contributed by atoms with E-state index < -0.39 is 0 Å². The molecule has 3 rings (SSSR count). The van der Waals surface area contributed by atoms with Crippen molar-refractivity contribution in [2.75, 3.05) is 12.8 Å². The fourth-order valence-electron chi connectivity index (χ4n) is 2.25. The highest BCUT2D eigenvalue weighted by Gasteiger charge is 2.08. The standard InChI is InChI=1S/C15H15N3O/c1-19-9-11-4-2-3-5-14(11)18-10-17-13-8-12(16)6-7-15(13)18/h2-8,10H,9,16H2,1H3. The third-order valence-corrected chi connectivity index (χ3v) is 3.12. The first kappa shape index (κ1) is 11.7. The van der Waals surface area contributed by atoms with Crippen LogP contribution in [-0.4, -0.2) is 16.7 Å². The van der Waals surface area contributed by atoms with Gasteiger partial charge < -0.3 is 10.5 Å². The SMILES string of the molecule is COCc1ccccc1-n1cnc2cc(N)ccc21. The molecule has 19 heavy (non-hydrogen) atoms. The van der Waals surface area contributed by atoms with Crippen molar-refractivity contribution in [2.24, 2.45) is 0 Å². The number of nitrogens with two attached hydrogens (primary N) is 1. The molecule has 0 saturated carbocycles. The van der Waals surface area contributed by atoms with Crippen molar-refractivity contribution in [3.63, 3.8) is 0 Å². The van der Waals surface area contributed by atoms with Crippen molar-refractivity contribution in [2.45, 2.75) is 6.61 Å². The van der Waals surface area contributed by atoms with Gasteiger partial charge >= 0.3 is 0 Å². The predicted molar refractivity (Wildman–Crippen MR) is 76.2 cm³/mol. The van der Waals surface area contributed by atoms with Crippen LogP contribution >= 0.6 is 0 Å². The number of methoxy groups -OCH3 is 1. The van der Waals surface area contributed by atoms with Gasteiger partial charge in [0.1, 0.15) is 6.33 Å². The Hall–Kier alpha value is -2.33. The second-order valence-corrected chi connectivity index (χ2v) is 4.42. The number of para-hydroxylation sites is 1. The summed E-state index contributed by atoms with van der Waals surface area (Å²) in [6.07, 6.45) is 1.82. The molecule has 0 aliphatic rings. The van der Waals surface area contributed by atoms with E-state index >= 15 is 0 Å². The highest BCUT2D eigenvalue weighted by Crippen LogP contribution is 2.23. The Labute approximate surface area is 111 Å². The lowest BCUT2D eigenvalue weighted by molar-refractivity contribution is 0.185. The maximum atomic E-state index is 5.78. The summed E-state index contributed by atoms with van der Waals surface area (Å²) < 4.78 is 7.30. The Balaban J connectivity index is 2.19. The summed E-state index contributed by atoms with van der Waals surface area (Å²) in [5.74, 6) is 0. The molecule has 0 saturated heterocycles. The molecule has 96 valence electrons. The summed E-state index contributed by atoms with van der Waals surface area (Å²) in [6.45, 7) is 0.574. The first-order valence-corrected chi connectivity index (χ1v) is 6.09. The molecule has 0 unspecified atom stereocenters. The normalized spacial score (nSPS) is 11.0. The Kier molecular flexibility index (Phi) is 2.93. The lowest BCUT2D eigenvalue weighted by Gasteiger charge is -2.10. The monoisotopic (exact) mass is 253 g/mol. The molecule has 0 aliphatic heterocycles. The van der Waals surface area contributed by atoms with Crippen LogP contribution < -0.4 is 5.73 Å². The van der Waals surface area contributed by atoms with Gasteiger partial charge in [0.15, 0.2) is 0 Å². The van der Waals surface area contributed by atoms with Gasteiger partial charge in [-0.15, -0.1) is 0 Å². The Morgan fingerprint density at radius 3 is 2.89 bits per heavy atom. The highest BCUT2D eigenvalue weighted by atomic mass is 16.5. The van der Waals surface area contributed by atoms with Crippen LogP contribution in [0.3, 0.4) is 0 Å². The molecule has 0 fully saturated rings. The zero-order valence-electron chi connectivity index (χ0n) is 10.7. The number of imidazole rings is 1. The molecule has 0 spiro atoms. The zero-order chi connectivity index (χ0) is 13.2. The highest BCUT2D eigenvalue weighted by molar-refractivity contribution is 5.80. The van der Waals surface area contributed by atoms with Gasteiger partial charge in [0, 0.05) is 18.4 Å². The number of fused-ring (bicyclic) bond motifs is 1. The van der Waals surface area contributed by atoms with E-state index in [0.717, 1.165) is 28.0 Å². The van der Waals surface area contributed by atoms with Crippen LogP contribution in [0.2, 0.25) is 0 Å². The van der Waals surface area contributed by atoms with Crippen LogP contribution in [0, 0.1) is 0 Å². The minimum atomic E-state index is 0.574. The van der Waals surface area contributed by atoms with Gasteiger partial charge in [-0.2, -0.15) is 0 Å². The van der Waals surface area contributed by atoms with Crippen molar-refractivity contribution >= 4 is 16.7 Å². The van der Waals surface area contributed by atoms with Gasteiger partial charge in [-0.3, -0.25) is 4.57 Å². The molecule has 1 aromatic heterocycles. The van der Waals surface area contributed by atoms with Gasteiger partial charge in [0.25, 0.3) is 0 Å². The third kappa shape index (κ3) is 2.06. The van der Waals surface area contributed by atoms with Crippen molar-refractivity contribution in [1.29, 1.82) is 0 Å². The number of hydrogen-bond donors (Lipinski definition) is 1. The molecule has 0 atom stereocenters. The van der Waals surface area contributed by atoms with Gasteiger partial charge in [-0.05, 0) is 24.3 Å².